The number of carbonyl (C=O) groups excluding carboxylic acids is 2. The van der Waals surface area contributed by atoms with E-state index in [1.807, 2.05) is 47.4 Å². The van der Waals surface area contributed by atoms with Gasteiger partial charge in [-0.3, -0.25) is 14.9 Å². The Hall–Kier alpha value is -3.04. The second-order valence-corrected chi connectivity index (χ2v) is 9.85. The van der Waals surface area contributed by atoms with E-state index in [9.17, 15) is 9.59 Å². The standard InChI is InChI=1S/C26H23Cl3N4O3S/c1-36-23-19(13-17(27)14-21(23)29)24(34)31-26(37)30-18-7-8-22(20(28)15-18)32-9-11-33(12-10-32)25(35)16-5-3-2-4-6-16/h2-8,13-15H,9-12H2,1H3,(H2,30,31,34,37). The third kappa shape index (κ3) is 6.45. The van der Waals surface area contributed by atoms with E-state index < -0.39 is 5.91 Å². The van der Waals surface area contributed by atoms with Crippen LogP contribution < -0.4 is 20.3 Å². The second-order valence-electron chi connectivity index (χ2n) is 8.19. The SMILES string of the molecule is COc1c(Cl)cc(Cl)cc1C(=O)NC(=S)Nc1ccc(N2CCN(C(=O)c3ccccc3)CC2)c(Cl)c1. The number of hydrogen-bond acceptors (Lipinski definition) is 5. The lowest BCUT2D eigenvalue weighted by molar-refractivity contribution is 0.0746. The van der Waals surface area contributed by atoms with Crippen LogP contribution in [0.2, 0.25) is 15.1 Å². The minimum Gasteiger partial charge on any atom is -0.494 e. The van der Waals surface area contributed by atoms with Crippen LogP contribution in [0, 0.1) is 0 Å². The van der Waals surface area contributed by atoms with Crippen molar-refractivity contribution in [3.63, 3.8) is 0 Å². The zero-order chi connectivity index (χ0) is 26.5. The van der Waals surface area contributed by atoms with Crippen molar-refractivity contribution in [2.75, 3.05) is 43.5 Å². The first-order chi connectivity index (χ1) is 17.8. The number of nitrogens with zero attached hydrogens (tertiary/aromatic N) is 2. The number of benzene rings is 3. The number of methoxy groups -OCH3 is 1. The number of piperazine rings is 1. The van der Waals surface area contributed by atoms with Gasteiger partial charge in [0, 0.05) is 42.5 Å². The highest BCUT2D eigenvalue weighted by molar-refractivity contribution is 7.80. The summed E-state index contributed by atoms with van der Waals surface area (Å²) in [6.45, 7) is 2.50. The van der Waals surface area contributed by atoms with Crippen molar-refractivity contribution in [2.24, 2.45) is 0 Å². The number of rotatable bonds is 5. The van der Waals surface area contributed by atoms with Crippen LogP contribution in [0.25, 0.3) is 0 Å². The van der Waals surface area contributed by atoms with E-state index in [-0.39, 0.29) is 27.4 Å². The molecule has 1 aliphatic rings. The monoisotopic (exact) mass is 576 g/mol. The van der Waals surface area contributed by atoms with Gasteiger partial charge in [0.15, 0.2) is 5.11 Å². The molecule has 0 radical (unpaired) electrons. The average molecular weight is 578 g/mol. The van der Waals surface area contributed by atoms with Gasteiger partial charge in [0.25, 0.3) is 11.8 Å². The summed E-state index contributed by atoms with van der Waals surface area (Å²) in [4.78, 5) is 29.4. The lowest BCUT2D eigenvalue weighted by atomic mass is 10.1. The van der Waals surface area contributed by atoms with Crippen LogP contribution in [0.15, 0.2) is 60.7 Å². The summed E-state index contributed by atoms with van der Waals surface area (Å²) < 4.78 is 5.22. The number of anilines is 2. The largest absolute Gasteiger partial charge is 0.494 e. The fourth-order valence-corrected chi connectivity index (χ4v) is 5.11. The van der Waals surface area contributed by atoms with E-state index in [0.29, 0.717) is 47.5 Å². The molecule has 192 valence electrons. The zero-order valence-electron chi connectivity index (χ0n) is 19.8. The molecule has 2 amide bonds. The molecule has 0 atom stereocenters. The zero-order valence-corrected chi connectivity index (χ0v) is 22.8. The summed E-state index contributed by atoms with van der Waals surface area (Å²) in [5, 5.41) is 6.65. The molecule has 0 spiro atoms. The Balaban J connectivity index is 1.36. The summed E-state index contributed by atoms with van der Waals surface area (Å²) in [7, 11) is 1.41. The maximum Gasteiger partial charge on any atom is 0.261 e. The van der Waals surface area contributed by atoms with Gasteiger partial charge in [0.1, 0.15) is 5.75 Å². The van der Waals surface area contributed by atoms with Gasteiger partial charge in [0.2, 0.25) is 0 Å². The van der Waals surface area contributed by atoms with E-state index in [1.54, 1.807) is 6.07 Å². The fourth-order valence-electron chi connectivity index (χ4n) is 4.02. The number of amides is 2. The molecule has 1 saturated heterocycles. The number of thiocarbonyl (C=S) groups is 1. The van der Waals surface area contributed by atoms with Crippen molar-refractivity contribution in [1.82, 2.24) is 10.2 Å². The molecular formula is C26H23Cl3N4O3S. The Morgan fingerprint density at radius 2 is 1.62 bits per heavy atom. The van der Waals surface area contributed by atoms with Crippen molar-refractivity contribution in [3.05, 3.63) is 86.9 Å². The van der Waals surface area contributed by atoms with Crippen molar-refractivity contribution in [1.29, 1.82) is 0 Å². The van der Waals surface area contributed by atoms with Crippen LogP contribution in [0.4, 0.5) is 11.4 Å². The van der Waals surface area contributed by atoms with Gasteiger partial charge < -0.3 is 19.9 Å². The summed E-state index contributed by atoms with van der Waals surface area (Å²) in [6, 6.07) is 17.6. The first-order valence-corrected chi connectivity index (χ1v) is 12.8. The van der Waals surface area contributed by atoms with Crippen LogP contribution in [0.1, 0.15) is 20.7 Å². The predicted molar refractivity (Wildman–Crippen MR) is 153 cm³/mol. The maximum absolute atomic E-state index is 12.7. The molecule has 3 aromatic rings. The normalized spacial score (nSPS) is 13.2. The molecule has 11 heteroatoms. The quantitative estimate of drug-likeness (QED) is 0.377. The van der Waals surface area contributed by atoms with Crippen LogP contribution in [-0.4, -0.2) is 55.1 Å². The first-order valence-electron chi connectivity index (χ1n) is 11.3. The summed E-state index contributed by atoms with van der Waals surface area (Å²) in [5.41, 5.74) is 2.30. The highest BCUT2D eigenvalue weighted by Gasteiger charge is 2.23. The van der Waals surface area contributed by atoms with Crippen molar-refractivity contribution in [3.8, 4) is 5.75 Å². The third-order valence-electron chi connectivity index (χ3n) is 5.82. The smallest absolute Gasteiger partial charge is 0.261 e. The molecule has 7 nitrogen and oxygen atoms in total. The van der Waals surface area contributed by atoms with Crippen LogP contribution in [-0.2, 0) is 0 Å². The maximum atomic E-state index is 12.7. The van der Waals surface area contributed by atoms with E-state index >= 15 is 0 Å². The van der Waals surface area contributed by atoms with Gasteiger partial charge in [-0.25, -0.2) is 0 Å². The molecule has 0 bridgehead atoms. The number of nitrogens with one attached hydrogen (secondary N) is 2. The lowest BCUT2D eigenvalue weighted by Crippen LogP contribution is -2.48. The van der Waals surface area contributed by atoms with Gasteiger partial charge >= 0.3 is 0 Å². The van der Waals surface area contributed by atoms with Crippen molar-refractivity contribution < 1.29 is 14.3 Å². The Bertz CT molecular complexity index is 1330. The number of hydrogen-bond donors (Lipinski definition) is 2. The Morgan fingerprint density at radius 3 is 2.27 bits per heavy atom. The Morgan fingerprint density at radius 1 is 0.919 bits per heavy atom. The van der Waals surface area contributed by atoms with Gasteiger partial charge in [-0.2, -0.15) is 0 Å². The topological polar surface area (TPSA) is 73.9 Å². The molecule has 0 saturated carbocycles. The van der Waals surface area contributed by atoms with Crippen molar-refractivity contribution >= 4 is 75.3 Å². The number of ether oxygens (including phenoxy) is 1. The average Bonchev–Trinajstić information content (AvgIpc) is 2.88. The molecular weight excluding hydrogens is 555 g/mol. The molecule has 37 heavy (non-hydrogen) atoms. The van der Waals surface area contributed by atoms with E-state index in [0.717, 1.165) is 5.69 Å². The van der Waals surface area contributed by atoms with Crippen LogP contribution >= 0.6 is 47.0 Å². The van der Waals surface area contributed by atoms with Crippen LogP contribution in [0.3, 0.4) is 0 Å². The number of halogens is 3. The number of carbonyl (C=O) groups is 2. The minimum absolute atomic E-state index is 0.0270. The Kier molecular flexibility index (Phi) is 8.76. The van der Waals surface area contributed by atoms with Gasteiger partial charge in [-0.05, 0) is 54.7 Å². The Labute approximate surface area is 235 Å². The van der Waals surface area contributed by atoms with Gasteiger partial charge in [-0.15, -0.1) is 0 Å². The second kappa shape index (κ2) is 12.0. The first kappa shape index (κ1) is 27.0. The molecule has 2 N–H and O–H groups in total. The van der Waals surface area contributed by atoms with Gasteiger partial charge in [0.05, 0.1) is 28.4 Å². The highest BCUT2D eigenvalue weighted by atomic mass is 35.5. The molecule has 1 aliphatic heterocycles. The predicted octanol–water partition coefficient (Wildman–Crippen LogP) is 5.74. The molecule has 0 aliphatic carbocycles. The highest BCUT2D eigenvalue weighted by Crippen LogP contribution is 2.32. The summed E-state index contributed by atoms with van der Waals surface area (Å²) in [5.74, 6) is -0.298. The molecule has 3 aromatic carbocycles. The van der Waals surface area contributed by atoms with Crippen molar-refractivity contribution in [2.45, 2.75) is 0 Å². The van der Waals surface area contributed by atoms with E-state index in [2.05, 4.69) is 15.5 Å². The van der Waals surface area contributed by atoms with Crippen LogP contribution in [0.5, 0.6) is 5.75 Å². The summed E-state index contributed by atoms with van der Waals surface area (Å²) in [6.07, 6.45) is 0. The lowest BCUT2D eigenvalue weighted by Gasteiger charge is -2.36. The summed E-state index contributed by atoms with van der Waals surface area (Å²) >= 11 is 24.0. The molecule has 4 rings (SSSR count). The van der Waals surface area contributed by atoms with E-state index in [4.69, 9.17) is 51.8 Å². The molecule has 1 heterocycles. The third-order valence-corrected chi connectivity index (χ3v) is 6.82. The molecule has 1 fully saturated rings. The van der Waals surface area contributed by atoms with Gasteiger partial charge in [-0.1, -0.05) is 53.0 Å². The molecule has 0 unspecified atom stereocenters. The molecule has 0 aromatic heterocycles. The fraction of sp³-hybridized carbons (Fsp3) is 0.192. The van der Waals surface area contributed by atoms with E-state index in [1.165, 1.54) is 19.2 Å². The minimum atomic E-state index is -0.524.